The van der Waals surface area contributed by atoms with Gasteiger partial charge in [-0.2, -0.15) is 0 Å². The predicted molar refractivity (Wildman–Crippen MR) is 172 cm³/mol. The number of aryl methyl sites for hydroxylation is 4. The molecular formula is C40H26O. The zero-order valence-corrected chi connectivity index (χ0v) is 22.6. The third kappa shape index (κ3) is 3.01. The lowest BCUT2D eigenvalue weighted by Crippen LogP contribution is -2.07. The van der Waals surface area contributed by atoms with Crippen LogP contribution in [-0.2, 0) is 25.7 Å². The molecule has 0 atom stereocenters. The summed E-state index contributed by atoms with van der Waals surface area (Å²) in [6.07, 6.45) is 4.79. The topological polar surface area (TPSA) is 13.1 Å². The fraction of sp³-hybridized carbons (Fsp3) is 0.100. The molecule has 2 aliphatic carbocycles. The molecule has 7 aromatic carbocycles. The number of furan rings is 1. The molecule has 41 heavy (non-hydrogen) atoms. The summed E-state index contributed by atoms with van der Waals surface area (Å²) in [6, 6.07) is 41.1. The number of rotatable bonds is 2. The molecule has 0 amide bonds. The SMILES string of the molecule is c1ccc2c(-c3ccc4oc5cc6cc7c(cc6cc5c4c3)CC7)c3ccccc3c(-c3ccc4c(c3)CC4)c2c1. The monoisotopic (exact) mass is 522 g/mol. The van der Waals surface area contributed by atoms with Crippen LogP contribution in [0.5, 0.6) is 0 Å². The van der Waals surface area contributed by atoms with Gasteiger partial charge in [0.15, 0.2) is 0 Å². The molecule has 1 nitrogen and oxygen atoms in total. The average Bonchev–Trinajstić information content (AvgIpc) is 3.33. The van der Waals surface area contributed by atoms with E-state index in [1.165, 1.54) is 113 Å². The van der Waals surface area contributed by atoms with E-state index in [-0.39, 0.29) is 0 Å². The average molecular weight is 523 g/mol. The van der Waals surface area contributed by atoms with Gasteiger partial charge in [-0.25, -0.2) is 0 Å². The summed E-state index contributed by atoms with van der Waals surface area (Å²) >= 11 is 0. The molecule has 0 N–H and O–H groups in total. The van der Waals surface area contributed by atoms with E-state index in [2.05, 4.69) is 109 Å². The van der Waals surface area contributed by atoms with Crippen LogP contribution >= 0.6 is 0 Å². The van der Waals surface area contributed by atoms with Gasteiger partial charge in [0.1, 0.15) is 11.2 Å². The van der Waals surface area contributed by atoms with Crippen molar-refractivity contribution in [3.8, 4) is 22.3 Å². The van der Waals surface area contributed by atoms with Gasteiger partial charge in [0.2, 0.25) is 0 Å². The second-order valence-electron chi connectivity index (χ2n) is 12.0. The van der Waals surface area contributed by atoms with Crippen molar-refractivity contribution < 1.29 is 4.42 Å². The summed E-state index contributed by atoms with van der Waals surface area (Å²) in [5.74, 6) is 0. The minimum absolute atomic E-state index is 0.946. The highest BCUT2D eigenvalue weighted by Gasteiger charge is 2.20. The van der Waals surface area contributed by atoms with E-state index in [0.29, 0.717) is 0 Å². The molecule has 2 aliphatic rings. The van der Waals surface area contributed by atoms with Crippen LogP contribution in [-0.4, -0.2) is 0 Å². The molecule has 0 spiro atoms. The maximum atomic E-state index is 6.42. The quantitative estimate of drug-likeness (QED) is 0.206. The van der Waals surface area contributed by atoms with Gasteiger partial charge in [-0.3, -0.25) is 0 Å². The van der Waals surface area contributed by atoms with E-state index in [1.807, 2.05) is 0 Å². The fourth-order valence-corrected chi connectivity index (χ4v) is 7.48. The highest BCUT2D eigenvalue weighted by atomic mass is 16.3. The molecule has 0 bridgehead atoms. The smallest absolute Gasteiger partial charge is 0.136 e. The van der Waals surface area contributed by atoms with Crippen molar-refractivity contribution >= 4 is 54.3 Å². The Bertz CT molecular complexity index is 2360. The Labute approximate surface area is 237 Å². The first-order chi connectivity index (χ1) is 20.3. The third-order valence-corrected chi connectivity index (χ3v) is 9.79. The molecule has 0 aliphatic heterocycles. The Hall–Kier alpha value is -4.88. The zero-order valence-electron chi connectivity index (χ0n) is 22.6. The lowest BCUT2D eigenvalue weighted by atomic mass is 9.82. The molecule has 1 aromatic heterocycles. The predicted octanol–water partition coefficient (Wildman–Crippen LogP) is 10.6. The largest absolute Gasteiger partial charge is 0.456 e. The fourth-order valence-electron chi connectivity index (χ4n) is 7.48. The van der Waals surface area contributed by atoms with E-state index >= 15 is 0 Å². The van der Waals surface area contributed by atoms with Gasteiger partial charge in [0.25, 0.3) is 0 Å². The lowest BCUT2D eigenvalue weighted by Gasteiger charge is -2.22. The van der Waals surface area contributed by atoms with Crippen LogP contribution in [0.25, 0.3) is 76.5 Å². The Balaban J connectivity index is 1.26. The normalized spacial score (nSPS) is 14.0. The minimum atomic E-state index is 0.946. The summed E-state index contributed by atoms with van der Waals surface area (Å²) in [4.78, 5) is 0. The van der Waals surface area contributed by atoms with E-state index in [0.717, 1.165) is 11.2 Å². The van der Waals surface area contributed by atoms with E-state index in [9.17, 15) is 0 Å². The van der Waals surface area contributed by atoms with Gasteiger partial charge < -0.3 is 4.42 Å². The summed E-state index contributed by atoms with van der Waals surface area (Å²) < 4.78 is 6.42. The van der Waals surface area contributed by atoms with Gasteiger partial charge in [0.05, 0.1) is 0 Å². The summed E-state index contributed by atoms with van der Waals surface area (Å²) in [5, 5.41) is 10.2. The van der Waals surface area contributed by atoms with Gasteiger partial charge in [-0.1, -0.05) is 84.9 Å². The van der Waals surface area contributed by atoms with Crippen LogP contribution in [0, 0.1) is 0 Å². The van der Waals surface area contributed by atoms with E-state index in [1.54, 1.807) is 0 Å². The molecule has 0 unspecified atom stereocenters. The van der Waals surface area contributed by atoms with E-state index < -0.39 is 0 Å². The summed E-state index contributed by atoms with van der Waals surface area (Å²) in [5.41, 5.74) is 13.1. The number of hydrogen-bond acceptors (Lipinski definition) is 1. The summed E-state index contributed by atoms with van der Waals surface area (Å²) in [6.45, 7) is 0. The molecule has 1 heterocycles. The Morgan fingerprint density at radius 1 is 0.366 bits per heavy atom. The van der Waals surface area contributed by atoms with Crippen molar-refractivity contribution in [3.63, 3.8) is 0 Å². The maximum absolute atomic E-state index is 6.42. The van der Waals surface area contributed by atoms with Crippen LogP contribution in [0.2, 0.25) is 0 Å². The number of fused-ring (bicyclic) bond motifs is 8. The van der Waals surface area contributed by atoms with Crippen molar-refractivity contribution in [1.82, 2.24) is 0 Å². The van der Waals surface area contributed by atoms with Crippen LogP contribution in [0.1, 0.15) is 22.3 Å². The van der Waals surface area contributed by atoms with Crippen LogP contribution in [0.4, 0.5) is 0 Å². The van der Waals surface area contributed by atoms with Crippen molar-refractivity contribution in [2.75, 3.05) is 0 Å². The lowest BCUT2D eigenvalue weighted by molar-refractivity contribution is 0.669. The Morgan fingerprint density at radius 2 is 0.878 bits per heavy atom. The molecule has 0 saturated carbocycles. The first kappa shape index (κ1) is 21.9. The second-order valence-corrected chi connectivity index (χ2v) is 12.0. The zero-order chi connectivity index (χ0) is 26.7. The molecule has 8 aromatic rings. The molecule has 10 rings (SSSR count). The van der Waals surface area contributed by atoms with Gasteiger partial charge in [-0.15, -0.1) is 0 Å². The molecule has 1 heteroatoms. The number of hydrogen-bond donors (Lipinski definition) is 0. The number of benzene rings is 7. The molecule has 0 radical (unpaired) electrons. The molecule has 192 valence electrons. The maximum Gasteiger partial charge on any atom is 0.136 e. The first-order valence-corrected chi connectivity index (χ1v) is 14.8. The highest BCUT2D eigenvalue weighted by molar-refractivity contribution is 6.22. The van der Waals surface area contributed by atoms with Crippen LogP contribution in [0.3, 0.4) is 0 Å². The summed E-state index contributed by atoms with van der Waals surface area (Å²) in [7, 11) is 0. The molecule has 0 saturated heterocycles. The first-order valence-electron chi connectivity index (χ1n) is 14.8. The third-order valence-electron chi connectivity index (χ3n) is 9.79. The van der Waals surface area contributed by atoms with Crippen molar-refractivity contribution in [2.24, 2.45) is 0 Å². The van der Waals surface area contributed by atoms with Crippen LogP contribution < -0.4 is 0 Å². The minimum Gasteiger partial charge on any atom is -0.456 e. The Kier molecular flexibility index (Phi) is 4.20. The molecule has 0 fully saturated rings. The van der Waals surface area contributed by atoms with Crippen LogP contribution in [0.15, 0.2) is 114 Å². The van der Waals surface area contributed by atoms with Crippen molar-refractivity contribution in [3.05, 3.63) is 131 Å². The van der Waals surface area contributed by atoms with Crippen molar-refractivity contribution in [2.45, 2.75) is 25.7 Å². The standard InChI is InChI=1S/C40H26O/c1-3-7-33-31(5-1)39(27-14-10-23-9-11-24(23)17-27)32-6-2-4-8-34(32)40(33)28-15-16-37-35(20-28)36-21-29-18-25-12-13-26(25)19-30(29)22-38(36)41-37/h1-8,10,14-22H,9,11-13H2. The van der Waals surface area contributed by atoms with Gasteiger partial charge in [-0.05, 0) is 127 Å². The molecular weight excluding hydrogens is 496 g/mol. The highest BCUT2D eigenvalue weighted by Crippen LogP contribution is 2.45. The van der Waals surface area contributed by atoms with Crippen molar-refractivity contribution in [1.29, 1.82) is 0 Å². The second kappa shape index (κ2) is 7.86. The van der Waals surface area contributed by atoms with E-state index in [4.69, 9.17) is 4.42 Å². The van der Waals surface area contributed by atoms with Gasteiger partial charge >= 0.3 is 0 Å². The Morgan fingerprint density at radius 3 is 1.46 bits per heavy atom. The van der Waals surface area contributed by atoms with Gasteiger partial charge in [0, 0.05) is 10.8 Å².